The van der Waals surface area contributed by atoms with Crippen LogP contribution in [-0.2, 0) is 4.79 Å². The summed E-state index contributed by atoms with van der Waals surface area (Å²) in [5.74, 6) is 0.502. The number of hydrogen-bond donors (Lipinski definition) is 2. The van der Waals surface area contributed by atoms with Crippen LogP contribution in [0.25, 0.3) is 0 Å². The Morgan fingerprint density at radius 1 is 1.53 bits per heavy atom. The summed E-state index contributed by atoms with van der Waals surface area (Å²) < 4.78 is 0.815. The number of carbonyl (C=O) groups excluding carboxylic acids is 1. The van der Waals surface area contributed by atoms with Gasteiger partial charge in [-0.05, 0) is 31.9 Å². The van der Waals surface area contributed by atoms with Crippen molar-refractivity contribution in [2.24, 2.45) is 5.92 Å². The first-order chi connectivity index (χ1) is 8.16. The van der Waals surface area contributed by atoms with Crippen LogP contribution in [-0.4, -0.2) is 19.0 Å². The molecule has 1 fully saturated rings. The molecule has 1 aliphatic rings. The third-order valence-electron chi connectivity index (χ3n) is 2.84. The lowest BCUT2D eigenvalue weighted by Crippen LogP contribution is -2.33. The topological polar surface area (TPSA) is 41.1 Å². The van der Waals surface area contributed by atoms with Crippen LogP contribution in [0.2, 0.25) is 4.34 Å². The lowest BCUT2D eigenvalue weighted by Gasteiger charge is -2.12. The van der Waals surface area contributed by atoms with Crippen molar-refractivity contribution in [1.82, 2.24) is 10.6 Å². The predicted molar refractivity (Wildman–Crippen MR) is 71.5 cm³/mol. The van der Waals surface area contributed by atoms with Crippen LogP contribution in [0.1, 0.15) is 30.7 Å². The van der Waals surface area contributed by atoms with E-state index >= 15 is 0 Å². The molecule has 0 aliphatic heterocycles. The molecule has 1 heterocycles. The van der Waals surface area contributed by atoms with E-state index in [4.69, 9.17) is 11.6 Å². The fourth-order valence-electron chi connectivity index (χ4n) is 1.63. The van der Waals surface area contributed by atoms with E-state index in [2.05, 4.69) is 17.6 Å². The van der Waals surface area contributed by atoms with Crippen LogP contribution < -0.4 is 10.6 Å². The summed E-state index contributed by atoms with van der Waals surface area (Å²) in [6.45, 7) is 3.58. The number of thiophene rings is 1. The maximum Gasteiger partial charge on any atom is 0.223 e. The quantitative estimate of drug-likeness (QED) is 0.782. The van der Waals surface area contributed by atoms with Gasteiger partial charge in [-0.15, -0.1) is 11.3 Å². The van der Waals surface area contributed by atoms with E-state index in [-0.39, 0.29) is 11.9 Å². The second-order valence-corrected chi connectivity index (χ2v) is 6.13. The predicted octanol–water partition coefficient (Wildman–Crippen LogP) is 2.58. The van der Waals surface area contributed by atoms with Gasteiger partial charge in [0.25, 0.3) is 0 Å². The molecule has 1 atom stereocenters. The van der Waals surface area contributed by atoms with Gasteiger partial charge in [0.05, 0.1) is 4.34 Å². The van der Waals surface area contributed by atoms with Crippen LogP contribution in [0.15, 0.2) is 12.1 Å². The summed E-state index contributed by atoms with van der Waals surface area (Å²) in [6, 6.07) is 4.23. The summed E-state index contributed by atoms with van der Waals surface area (Å²) in [4.78, 5) is 12.6. The normalized spacial score (nSPS) is 16.8. The van der Waals surface area contributed by atoms with Gasteiger partial charge < -0.3 is 10.6 Å². The fraction of sp³-hybridized carbons (Fsp3) is 0.583. The van der Waals surface area contributed by atoms with Crippen LogP contribution >= 0.6 is 22.9 Å². The van der Waals surface area contributed by atoms with Crippen molar-refractivity contribution in [2.75, 3.05) is 13.1 Å². The molecule has 1 aliphatic carbocycles. The Bertz CT molecular complexity index is 390. The Kier molecular flexibility index (Phi) is 4.42. The molecule has 1 amide bonds. The Morgan fingerprint density at radius 3 is 2.88 bits per heavy atom. The van der Waals surface area contributed by atoms with Crippen LogP contribution in [0.3, 0.4) is 0 Å². The molecule has 2 N–H and O–H groups in total. The molecule has 1 aromatic heterocycles. The number of rotatable bonds is 6. The van der Waals surface area contributed by atoms with E-state index in [9.17, 15) is 4.79 Å². The first-order valence-electron chi connectivity index (χ1n) is 5.93. The van der Waals surface area contributed by atoms with Gasteiger partial charge in [0.1, 0.15) is 0 Å². The van der Waals surface area contributed by atoms with E-state index in [0.717, 1.165) is 23.7 Å². The van der Waals surface area contributed by atoms with Crippen molar-refractivity contribution in [3.05, 3.63) is 21.3 Å². The summed E-state index contributed by atoms with van der Waals surface area (Å²) >= 11 is 7.47. The zero-order valence-electron chi connectivity index (χ0n) is 9.83. The molecule has 0 radical (unpaired) electrons. The number of halogens is 1. The monoisotopic (exact) mass is 272 g/mol. The number of carbonyl (C=O) groups is 1. The van der Waals surface area contributed by atoms with Gasteiger partial charge in [-0.2, -0.15) is 0 Å². The summed E-state index contributed by atoms with van der Waals surface area (Å²) in [6.07, 6.45) is 2.12. The number of hydrogen-bond acceptors (Lipinski definition) is 3. The molecule has 0 saturated heterocycles. The van der Waals surface area contributed by atoms with E-state index in [0.29, 0.717) is 12.5 Å². The first-order valence-corrected chi connectivity index (χ1v) is 7.12. The smallest absolute Gasteiger partial charge is 0.223 e. The van der Waals surface area contributed by atoms with Gasteiger partial charge >= 0.3 is 0 Å². The molecule has 2 rings (SSSR count). The molecule has 3 nitrogen and oxygen atoms in total. The summed E-state index contributed by atoms with van der Waals surface area (Å²) in [7, 11) is 0. The minimum atomic E-state index is 0.207. The second kappa shape index (κ2) is 5.85. The SMILES string of the molecule is CC(NCCNC(=O)C1CC1)c1ccc(Cl)s1. The maximum atomic E-state index is 11.4. The van der Waals surface area contributed by atoms with Crippen LogP contribution in [0, 0.1) is 5.92 Å². The highest BCUT2D eigenvalue weighted by molar-refractivity contribution is 7.16. The van der Waals surface area contributed by atoms with E-state index < -0.39 is 0 Å². The molecule has 0 bridgehead atoms. The molecular weight excluding hydrogens is 256 g/mol. The third kappa shape index (κ3) is 3.98. The summed E-state index contributed by atoms with van der Waals surface area (Å²) in [5.41, 5.74) is 0. The van der Waals surface area contributed by atoms with Crippen LogP contribution in [0.4, 0.5) is 0 Å². The maximum absolute atomic E-state index is 11.4. The Morgan fingerprint density at radius 2 is 2.29 bits per heavy atom. The molecule has 17 heavy (non-hydrogen) atoms. The highest BCUT2D eigenvalue weighted by Crippen LogP contribution is 2.28. The Hall–Kier alpha value is -0.580. The zero-order chi connectivity index (χ0) is 12.3. The minimum absolute atomic E-state index is 0.207. The highest BCUT2D eigenvalue weighted by atomic mass is 35.5. The van der Waals surface area contributed by atoms with Crippen molar-refractivity contribution in [3.8, 4) is 0 Å². The van der Waals surface area contributed by atoms with Gasteiger partial charge in [-0.3, -0.25) is 4.79 Å². The Labute approximate surface area is 111 Å². The molecule has 1 saturated carbocycles. The van der Waals surface area contributed by atoms with E-state index in [1.807, 2.05) is 12.1 Å². The average molecular weight is 273 g/mol. The van der Waals surface area contributed by atoms with Crippen molar-refractivity contribution < 1.29 is 4.79 Å². The summed E-state index contributed by atoms with van der Waals surface area (Å²) in [5, 5.41) is 6.30. The van der Waals surface area contributed by atoms with Gasteiger partial charge in [0.2, 0.25) is 5.91 Å². The van der Waals surface area contributed by atoms with Crippen LogP contribution in [0.5, 0.6) is 0 Å². The second-order valence-electron chi connectivity index (χ2n) is 4.38. The molecule has 0 aromatic carbocycles. The Balaban J connectivity index is 1.62. The van der Waals surface area contributed by atoms with Crippen molar-refractivity contribution in [2.45, 2.75) is 25.8 Å². The van der Waals surface area contributed by atoms with Crippen molar-refractivity contribution in [3.63, 3.8) is 0 Å². The molecular formula is C12H17ClN2OS. The highest BCUT2D eigenvalue weighted by Gasteiger charge is 2.28. The van der Waals surface area contributed by atoms with E-state index in [1.165, 1.54) is 4.88 Å². The average Bonchev–Trinajstić information content (AvgIpc) is 3.07. The van der Waals surface area contributed by atoms with E-state index in [1.54, 1.807) is 11.3 Å². The number of nitrogens with one attached hydrogen (secondary N) is 2. The lowest BCUT2D eigenvalue weighted by atomic mass is 10.3. The fourth-order valence-corrected chi connectivity index (χ4v) is 2.71. The van der Waals surface area contributed by atoms with Gasteiger partial charge in [0.15, 0.2) is 0 Å². The molecule has 1 unspecified atom stereocenters. The molecule has 1 aromatic rings. The van der Waals surface area contributed by atoms with Gasteiger partial charge in [-0.1, -0.05) is 11.6 Å². The number of amides is 1. The van der Waals surface area contributed by atoms with Gasteiger partial charge in [0, 0.05) is 29.9 Å². The molecule has 0 spiro atoms. The molecule has 5 heteroatoms. The van der Waals surface area contributed by atoms with Crippen molar-refractivity contribution in [1.29, 1.82) is 0 Å². The third-order valence-corrected chi connectivity index (χ3v) is 4.26. The largest absolute Gasteiger partial charge is 0.355 e. The van der Waals surface area contributed by atoms with Crippen molar-refractivity contribution >= 4 is 28.8 Å². The standard InChI is InChI=1S/C12H17ClN2OS/c1-8(10-4-5-11(13)17-10)14-6-7-15-12(16)9-2-3-9/h4-5,8-9,14H,2-3,6-7H2,1H3,(H,15,16). The van der Waals surface area contributed by atoms with Gasteiger partial charge in [-0.25, -0.2) is 0 Å². The first kappa shape index (κ1) is 12.9. The minimum Gasteiger partial charge on any atom is -0.355 e. The lowest BCUT2D eigenvalue weighted by molar-refractivity contribution is -0.122. The molecule has 94 valence electrons. The zero-order valence-corrected chi connectivity index (χ0v) is 11.4.